The molecule has 0 spiro atoms. The van der Waals surface area contributed by atoms with Gasteiger partial charge in [-0.15, -0.1) is 0 Å². The minimum absolute atomic E-state index is 0.104. The summed E-state index contributed by atoms with van der Waals surface area (Å²) in [6.45, 7) is 3.60. The van der Waals surface area contributed by atoms with Gasteiger partial charge in [-0.2, -0.15) is 5.10 Å². The molecular formula is C31H30Cl4N4O7. The van der Waals surface area contributed by atoms with Crippen LogP contribution in [-0.4, -0.2) is 49.9 Å². The number of aliphatic hydroxyl groups is 1. The number of hydrogen-bond acceptors (Lipinski definition) is 9. The monoisotopic (exact) mass is 710 g/mol. The van der Waals surface area contributed by atoms with Crippen LogP contribution in [0.2, 0.25) is 20.1 Å². The molecule has 2 atom stereocenters. The van der Waals surface area contributed by atoms with Crippen molar-refractivity contribution in [3.63, 3.8) is 0 Å². The fourth-order valence-corrected chi connectivity index (χ4v) is 5.46. The first kappa shape index (κ1) is 35.0. The Hall–Kier alpha value is -3.87. The van der Waals surface area contributed by atoms with Crippen LogP contribution in [0, 0.1) is 0 Å². The molecule has 46 heavy (non-hydrogen) atoms. The number of hydrazone groups is 1. The summed E-state index contributed by atoms with van der Waals surface area (Å²) in [6.07, 6.45) is 0.152. The van der Waals surface area contributed by atoms with Crippen molar-refractivity contribution in [2.45, 2.75) is 32.7 Å². The SMILES string of the molecule is CCOc1cc([C@@H]2NC(=O)NC(C)=C2C(=O)OC)ccc1OC[C@@H](O)N/N=C/c1cc(Cl)cc(Cl)c1OCc1ccc(Cl)cc1Cl. The molecule has 15 heteroatoms. The van der Waals surface area contributed by atoms with Crippen LogP contribution in [-0.2, 0) is 16.1 Å². The van der Waals surface area contributed by atoms with Gasteiger partial charge in [-0.25, -0.2) is 9.59 Å². The topological polar surface area (TPSA) is 140 Å². The average molecular weight is 712 g/mol. The fraction of sp³-hybridized carbons (Fsp3) is 0.258. The van der Waals surface area contributed by atoms with E-state index in [1.165, 1.54) is 19.4 Å². The number of rotatable bonds is 13. The summed E-state index contributed by atoms with van der Waals surface area (Å²) in [5.41, 5.74) is 4.90. The number of nitrogens with zero attached hydrogens (tertiary/aromatic N) is 1. The first-order chi connectivity index (χ1) is 22.0. The Labute approximate surface area is 285 Å². The maximum absolute atomic E-state index is 12.5. The van der Waals surface area contributed by atoms with Gasteiger partial charge in [0.05, 0.1) is 36.6 Å². The van der Waals surface area contributed by atoms with E-state index in [0.717, 1.165) is 0 Å². The number of nitrogens with one attached hydrogen (secondary N) is 3. The number of methoxy groups -OCH3 is 1. The van der Waals surface area contributed by atoms with Gasteiger partial charge in [-0.3, -0.25) is 5.43 Å². The zero-order chi connectivity index (χ0) is 33.4. The number of benzene rings is 3. The highest BCUT2D eigenvalue weighted by atomic mass is 35.5. The van der Waals surface area contributed by atoms with Crippen molar-refractivity contribution in [3.8, 4) is 17.2 Å². The van der Waals surface area contributed by atoms with Gasteiger partial charge >= 0.3 is 12.0 Å². The van der Waals surface area contributed by atoms with Gasteiger partial charge in [0.25, 0.3) is 0 Å². The van der Waals surface area contributed by atoms with Crippen molar-refractivity contribution in [3.05, 3.63) is 96.6 Å². The van der Waals surface area contributed by atoms with Crippen LogP contribution in [0.4, 0.5) is 4.79 Å². The summed E-state index contributed by atoms with van der Waals surface area (Å²) >= 11 is 24.8. The number of hydrogen-bond donors (Lipinski definition) is 4. The molecule has 0 saturated heterocycles. The minimum Gasteiger partial charge on any atom is -0.490 e. The zero-order valence-electron chi connectivity index (χ0n) is 24.8. The Morgan fingerprint density at radius 1 is 1.02 bits per heavy atom. The number of aliphatic hydroxyl groups excluding tert-OH is 1. The zero-order valence-corrected chi connectivity index (χ0v) is 27.9. The third-order valence-electron chi connectivity index (χ3n) is 6.52. The van der Waals surface area contributed by atoms with Crippen molar-refractivity contribution in [2.75, 3.05) is 20.3 Å². The summed E-state index contributed by atoms with van der Waals surface area (Å²) in [7, 11) is 1.26. The van der Waals surface area contributed by atoms with Gasteiger partial charge < -0.3 is 34.7 Å². The van der Waals surface area contributed by atoms with Crippen molar-refractivity contribution >= 4 is 64.6 Å². The third-order valence-corrected chi connectivity index (χ3v) is 7.61. The van der Waals surface area contributed by atoms with Gasteiger partial charge in [0.2, 0.25) is 0 Å². The lowest BCUT2D eigenvalue weighted by Gasteiger charge is -2.28. The average Bonchev–Trinajstić information content (AvgIpc) is 3.00. The smallest absolute Gasteiger partial charge is 0.337 e. The standard InChI is InChI=1S/C31H30Cl4N4O7/c1-4-44-25-10-17(28-27(30(41)43-3)16(2)37-31(42)38-28)6-8-24(25)45-15-26(40)39-36-13-19-9-21(33)12-23(35)29(19)46-14-18-5-7-20(32)11-22(18)34/h5-13,26,28,39-40H,4,14-15H2,1-3H3,(H2,37,38,42)/b36-13+/t26-,28+/m1/s1. The van der Waals surface area contributed by atoms with Crippen molar-refractivity contribution < 1.29 is 33.6 Å². The van der Waals surface area contributed by atoms with Gasteiger partial charge in [0, 0.05) is 31.9 Å². The van der Waals surface area contributed by atoms with Crippen LogP contribution in [0.5, 0.6) is 17.2 Å². The second-order valence-electron chi connectivity index (χ2n) is 9.75. The Morgan fingerprint density at radius 2 is 1.78 bits per heavy atom. The molecule has 0 aromatic heterocycles. The predicted molar refractivity (Wildman–Crippen MR) is 176 cm³/mol. The lowest BCUT2D eigenvalue weighted by atomic mass is 9.95. The van der Waals surface area contributed by atoms with Crippen LogP contribution in [0.1, 0.15) is 36.6 Å². The quantitative estimate of drug-likeness (QED) is 0.0692. The molecule has 4 N–H and O–H groups in total. The van der Waals surface area contributed by atoms with E-state index in [9.17, 15) is 14.7 Å². The van der Waals surface area contributed by atoms with Crippen molar-refractivity contribution in [2.24, 2.45) is 5.10 Å². The highest BCUT2D eigenvalue weighted by molar-refractivity contribution is 6.36. The summed E-state index contributed by atoms with van der Waals surface area (Å²) in [6, 6.07) is 11.9. The lowest BCUT2D eigenvalue weighted by Crippen LogP contribution is -2.45. The normalized spacial score (nSPS) is 15.2. The van der Waals surface area contributed by atoms with Gasteiger partial charge in [-0.1, -0.05) is 58.5 Å². The van der Waals surface area contributed by atoms with Crippen LogP contribution < -0.4 is 30.3 Å². The van der Waals surface area contributed by atoms with Gasteiger partial charge in [0.15, 0.2) is 17.7 Å². The number of allylic oxidation sites excluding steroid dienone is 1. The van der Waals surface area contributed by atoms with E-state index in [-0.39, 0.29) is 23.8 Å². The molecule has 11 nitrogen and oxygen atoms in total. The van der Waals surface area contributed by atoms with E-state index in [1.807, 2.05) is 0 Å². The molecule has 3 aromatic carbocycles. The Balaban J connectivity index is 1.43. The minimum atomic E-state index is -1.24. The molecule has 4 rings (SSSR count). The summed E-state index contributed by atoms with van der Waals surface area (Å²) in [4.78, 5) is 24.6. The number of amides is 2. The van der Waals surface area contributed by atoms with E-state index in [2.05, 4.69) is 21.2 Å². The lowest BCUT2D eigenvalue weighted by molar-refractivity contribution is -0.136. The molecule has 0 radical (unpaired) electrons. The number of ether oxygens (including phenoxy) is 4. The number of urea groups is 1. The van der Waals surface area contributed by atoms with E-state index in [1.54, 1.807) is 56.3 Å². The molecule has 244 valence electrons. The van der Waals surface area contributed by atoms with E-state index < -0.39 is 24.3 Å². The second-order valence-corrected chi connectivity index (χ2v) is 11.4. The maximum Gasteiger partial charge on any atom is 0.337 e. The molecule has 0 aliphatic carbocycles. The predicted octanol–water partition coefficient (Wildman–Crippen LogP) is 6.40. The molecule has 2 amide bonds. The molecule has 0 fully saturated rings. The largest absolute Gasteiger partial charge is 0.490 e. The first-order valence-electron chi connectivity index (χ1n) is 13.8. The van der Waals surface area contributed by atoms with Gasteiger partial charge in [-0.05, 0) is 55.8 Å². The highest BCUT2D eigenvalue weighted by Crippen LogP contribution is 2.35. The van der Waals surface area contributed by atoms with Gasteiger partial charge in [0.1, 0.15) is 19.0 Å². The van der Waals surface area contributed by atoms with Crippen LogP contribution in [0.15, 0.2) is 64.9 Å². The molecule has 0 bridgehead atoms. The number of esters is 1. The highest BCUT2D eigenvalue weighted by Gasteiger charge is 2.32. The molecule has 0 saturated carbocycles. The second kappa shape index (κ2) is 16.1. The summed E-state index contributed by atoms with van der Waals surface area (Å²) in [5, 5.41) is 21.5. The number of halogens is 4. The van der Waals surface area contributed by atoms with Crippen LogP contribution >= 0.6 is 46.4 Å². The Bertz CT molecular complexity index is 1670. The van der Waals surface area contributed by atoms with Crippen LogP contribution in [0.3, 0.4) is 0 Å². The molecule has 1 aliphatic rings. The number of carbonyl (C=O) groups is 2. The Kier molecular flexibility index (Phi) is 12.3. The molecule has 1 aliphatic heterocycles. The number of carbonyl (C=O) groups excluding carboxylic acids is 2. The molecule has 1 heterocycles. The molecule has 0 unspecified atom stereocenters. The summed E-state index contributed by atoms with van der Waals surface area (Å²) in [5.74, 6) is 0.364. The maximum atomic E-state index is 12.5. The van der Waals surface area contributed by atoms with Crippen molar-refractivity contribution in [1.82, 2.24) is 16.1 Å². The van der Waals surface area contributed by atoms with E-state index >= 15 is 0 Å². The van der Waals surface area contributed by atoms with E-state index in [0.29, 0.717) is 61.3 Å². The first-order valence-corrected chi connectivity index (χ1v) is 15.3. The molecular weight excluding hydrogens is 682 g/mol. The summed E-state index contributed by atoms with van der Waals surface area (Å²) < 4.78 is 22.4. The fourth-order valence-electron chi connectivity index (χ4n) is 4.43. The molecule has 3 aromatic rings. The van der Waals surface area contributed by atoms with Crippen LogP contribution in [0.25, 0.3) is 0 Å². The van der Waals surface area contributed by atoms with Crippen molar-refractivity contribution in [1.29, 1.82) is 0 Å². The Morgan fingerprint density at radius 3 is 2.50 bits per heavy atom. The van der Waals surface area contributed by atoms with E-state index in [4.69, 9.17) is 65.4 Å². The third kappa shape index (κ3) is 8.89.